The summed E-state index contributed by atoms with van der Waals surface area (Å²) >= 11 is 0. The molecule has 2 bridgehead atoms. The molecule has 2 atom stereocenters. The van der Waals surface area contributed by atoms with Crippen LogP contribution >= 0.6 is 0 Å². The van der Waals surface area contributed by atoms with Crippen molar-refractivity contribution in [2.45, 2.75) is 38.4 Å². The zero-order valence-electron chi connectivity index (χ0n) is 11.5. The van der Waals surface area contributed by atoms with Crippen LogP contribution in [0.2, 0.25) is 0 Å². The first-order valence-corrected chi connectivity index (χ1v) is 7.19. The van der Waals surface area contributed by atoms with E-state index < -0.39 is 0 Å². The van der Waals surface area contributed by atoms with Crippen LogP contribution in [-0.4, -0.2) is 42.5 Å². The molecule has 2 heterocycles. The van der Waals surface area contributed by atoms with E-state index in [1.807, 2.05) is 31.2 Å². The van der Waals surface area contributed by atoms with Crippen molar-refractivity contribution in [3.05, 3.63) is 35.4 Å². The number of hydrogen-bond acceptors (Lipinski definition) is 3. The quantitative estimate of drug-likeness (QED) is 0.778. The van der Waals surface area contributed by atoms with Crippen LogP contribution in [0.5, 0.6) is 0 Å². The van der Waals surface area contributed by atoms with Gasteiger partial charge in [0.1, 0.15) is 0 Å². The maximum atomic E-state index is 12.2. The van der Waals surface area contributed by atoms with Gasteiger partial charge in [0.25, 0.3) is 0 Å². The minimum Gasteiger partial charge on any atom is -0.372 e. The monoisotopic (exact) mass is 259 g/mol. The highest BCUT2D eigenvalue weighted by molar-refractivity contribution is 5.97. The number of ketones is 1. The Kier molecular flexibility index (Phi) is 3.67. The highest BCUT2D eigenvalue weighted by Crippen LogP contribution is 2.26. The van der Waals surface area contributed by atoms with Crippen molar-refractivity contribution >= 4 is 5.78 Å². The molecule has 1 aromatic carbocycles. The van der Waals surface area contributed by atoms with Gasteiger partial charge >= 0.3 is 0 Å². The van der Waals surface area contributed by atoms with Crippen molar-refractivity contribution in [3.63, 3.8) is 0 Å². The molecule has 0 spiro atoms. The Bertz CT molecular complexity index is 460. The van der Waals surface area contributed by atoms with Crippen molar-refractivity contribution in [2.75, 3.05) is 19.6 Å². The Balaban J connectivity index is 1.55. The molecule has 0 aliphatic carbocycles. The maximum Gasteiger partial charge on any atom is 0.164 e. The Hall–Kier alpha value is -1.19. The van der Waals surface area contributed by atoms with E-state index in [4.69, 9.17) is 4.74 Å². The molecule has 1 aromatic rings. The second-order valence-electron chi connectivity index (χ2n) is 5.71. The molecule has 2 saturated heterocycles. The number of aryl methyl sites for hydroxylation is 1. The number of carbonyl (C=O) groups is 1. The van der Waals surface area contributed by atoms with Gasteiger partial charge < -0.3 is 4.74 Å². The fraction of sp³-hybridized carbons (Fsp3) is 0.562. The van der Waals surface area contributed by atoms with Crippen molar-refractivity contribution < 1.29 is 9.53 Å². The van der Waals surface area contributed by atoms with Gasteiger partial charge in [-0.15, -0.1) is 0 Å². The minimum atomic E-state index is 0.261. The Morgan fingerprint density at radius 1 is 1.26 bits per heavy atom. The largest absolute Gasteiger partial charge is 0.372 e. The first-order valence-electron chi connectivity index (χ1n) is 7.19. The third-order valence-corrected chi connectivity index (χ3v) is 4.22. The number of rotatable bonds is 4. The SMILES string of the molecule is Cc1ccccc1C(=O)CCN1CC2CCC(C1)O2. The normalized spacial score (nSPS) is 26.6. The number of fused-ring (bicyclic) bond motifs is 2. The second kappa shape index (κ2) is 5.43. The molecule has 19 heavy (non-hydrogen) atoms. The van der Waals surface area contributed by atoms with Crippen molar-refractivity contribution in [3.8, 4) is 0 Å². The van der Waals surface area contributed by atoms with E-state index in [-0.39, 0.29) is 5.78 Å². The molecule has 0 aromatic heterocycles. The molecule has 102 valence electrons. The molecule has 2 unspecified atom stereocenters. The lowest BCUT2D eigenvalue weighted by molar-refractivity contribution is -0.0379. The number of Topliss-reactive ketones (excluding diaryl/α,β-unsaturated/α-hetero) is 1. The molecular weight excluding hydrogens is 238 g/mol. The van der Waals surface area contributed by atoms with Crippen LogP contribution in [0.4, 0.5) is 0 Å². The zero-order chi connectivity index (χ0) is 13.2. The van der Waals surface area contributed by atoms with Crippen LogP contribution in [0.15, 0.2) is 24.3 Å². The first kappa shape index (κ1) is 12.8. The van der Waals surface area contributed by atoms with Gasteiger partial charge in [-0.05, 0) is 25.3 Å². The predicted octanol–water partition coefficient (Wildman–Crippen LogP) is 2.43. The number of morpholine rings is 1. The highest BCUT2D eigenvalue weighted by Gasteiger charge is 2.33. The smallest absolute Gasteiger partial charge is 0.164 e. The van der Waals surface area contributed by atoms with Gasteiger partial charge in [0.15, 0.2) is 5.78 Å². The molecule has 3 nitrogen and oxygen atoms in total. The van der Waals surface area contributed by atoms with E-state index in [0.717, 1.165) is 30.8 Å². The van der Waals surface area contributed by atoms with Gasteiger partial charge in [-0.2, -0.15) is 0 Å². The number of carbonyl (C=O) groups excluding carboxylic acids is 1. The molecular formula is C16H21NO2. The van der Waals surface area contributed by atoms with E-state index in [2.05, 4.69) is 4.90 Å². The van der Waals surface area contributed by atoms with Crippen LogP contribution < -0.4 is 0 Å². The zero-order valence-corrected chi connectivity index (χ0v) is 11.5. The van der Waals surface area contributed by atoms with Crippen LogP contribution in [0, 0.1) is 6.92 Å². The summed E-state index contributed by atoms with van der Waals surface area (Å²) in [6.45, 7) is 4.86. The van der Waals surface area contributed by atoms with Gasteiger partial charge in [-0.1, -0.05) is 24.3 Å². The number of ether oxygens (including phenoxy) is 1. The number of hydrogen-bond donors (Lipinski definition) is 0. The van der Waals surface area contributed by atoms with E-state index in [0.29, 0.717) is 18.6 Å². The molecule has 0 radical (unpaired) electrons. The van der Waals surface area contributed by atoms with Gasteiger partial charge in [0, 0.05) is 31.6 Å². The summed E-state index contributed by atoms with van der Waals surface area (Å²) in [7, 11) is 0. The van der Waals surface area contributed by atoms with Gasteiger partial charge in [0.2, 0.25) is 0 Å². The number of nitrogens with zero attached hydrogens (tertiary/aromatic N) is 1. The molecule has 2 aliphatic heterocycles. The highest BCUT2D eigenvalue weighted by atomic mass is 16.5. The van der Waals surface area contributed by atoms with E-state index in [1.165, 1.54) is 12.8 Å². The molecule has 0 N–H and O–H groups in total. The van der Waals surface area contributed by atoms with E-state index in [9.17, 15) is 4.79 Å². The second-order valence-corrected chi connectivity index (χ2v) is 5.71. The van der Waals surface area contributed by atoms with Crippen molar-refractivity contribution in [1.29, 1.82) is 0 Å². The standard InChI is InChI=1S/C16H21NO2/c1-12-4-2-3-5-15(12)16(18)8-9-17-10-13-6-7-14(11-17)19-13/h2-5,13-14H,6-11H2,1H3. The van der Waals surface area contributed by atoms with Crippen LogP contribution in [0.25, 0.3) is 0 Å². The molecule has 2 aliphatic rings. The summed E-state index contributed by atoms with van der Waals surface area (Å²) in [5.41, 5.74) is 1.95. The van der Waals surface area contributed by atoms with E-state index >= 15 is 0 Å². The summed E-state index contributed by atoms with van der Waals surface area (Å²) in [4.78, 5) is 14.6. The average Bonchev–Trinajstić information content (AvgIpc) is 2.76. The fourth-order valence-electron chi connectivity index (χ4n) is 3.16. The summed E-state index contributed by atoms with van der Waals surface area (Å²) in [5, 5.41) is 0. The lowest BCUT2D eigenvalue weighted by atomic mass is 10.0. The molecule has 0 saturated carbocycles. The molecule has 2 fully saturated rings. The molecule has 3 rings (SSSR count). The van der Waals surface area contributed by atoms with Crippen LogP contribution in [0.1, 0.15) is 35.2 Å². The Morgan fingerprint density at radius 3 is 2.63 bits per heavy atom. The Morgan fingerprint density at radius 2 is 1.95 bits per heavy atom. The van der Waals surface area contributed by atoms with Gasteiger partial charge in [0.05, 0.1) is 12.2 Å². The van der Waals surface area contributed by atoms with Crippen LogP contribution in [0.3, 0.4) is 0 Å². The summed E-state index contributed by atoms with van der Waals surface area (Å²) < 4.78 is 5.81. The lowest BCUT2D eigenvalue weighted by Gasteiger charge is -2.31. The van der Waals surface area contributed by atoms with E-state index in [1.54, 1.807) is 0 Å². The maximum absolute atomic E-state index is 12.2. The minimum absolute atomic E-state index is 0.261. The summed E-state index contributed by atoms with van der Waals surface area (Å²) in [6, 6.07) is 7.85. The van der Waals surface area contributed by atoms with Gasteiger partial charge in [-0.3, -0.25) is 9.69 Å². The fourth-order valence-corrected chi connectivity index (χ4v) is 3.16. The summed E-state index contributed by atoms with van der Waals surface area (Å²) in [5.74, 6) is 0.261. The van der Waals surface area contributed by atoms with Crippen LogP contribution in [-0.2, 0) is 4.74 Å². The van der Waals surface area contributed by atoms with Crippen molar-refractivity contribution in [1.82, 2.24) is 4.90 Å². The summed E-state index contributed by atoms with van der Waals surface area (Å²) in [6.07, 6.45) is 3.81. The number of benzene rings is 1. The third kappa shape index (κ3) is 2.88. The predicted molar refractivity (Wildman–Crippen MR) is 74.5 cm³/mol. The first-order chi connectivity index (χ1) is 9.22. The lowest BCUT2D eigenvalue weighted by Crippen LogP contribution is -2.43. The molecule has 3 heteroatoms. The number of likely N-dealkylation sites (tertiary alicyclic amines) is 1. The third-order valence-electron chi connectivity index (χ3n) is 4.22. The Labute approximate surface area is 114 Å². The van der Waals surface area contributed by atoms with Crippen molar-refractivity contribution in [2.24, 2.45) is 0 Å². The molecule has 0 amide bonds. The topological polar surface area (TPSA) is 29.5 Å². The average molecular weight is 259 g/mol. The van der Waals surface area contributed by atoms with Gasteiger partial charge in [-0.25, -0.2) is 0 Å².